The van der Waals surface area contributed by atoms with Gasteiger partial charge in [-0.15, -0.1) is 0 Å². The van der Waals surface area contributed by atoms with E-state index in [1.807, 2.05) is 12.1 Å². The van der Waals surface area contributed by atoms with Gasteiger partial charge in [-0.25, -0.2) is 0 Å². The molecule has 0 atom stereocenters. The zero-order chi connectivity index (χ0) is 14.7. The highest BCUT2D eigenvalue weighted by molar-refractivity contribution is 6.30. The van der Waals surface area contributed by atoms with E-state index in [4.69, 9.17) is 11.6 Å². The normalized spacial score (nSPS) is 11.1. The molecule has 3 heteroatoms. The predicted molar refractivity (Wildman–Crippen MR) is 87.0 cm³/mol. The number of halogens is 1. The molecule has 0 aliphatic heterocycles. The third-order valence-corrected chi connectivity index (χ3v) is 3.91. The van der Waals surface area contributed by atoms with E-state index in [0.717, 1.165) is 24.5 Å². The molecule has 1 N–H and O–H groups in total. The van der Waals surface area contributed by atoms with Crippen molar-refractivity contribution in [3.63, 3.8) is 0 Å². The summed E-state index contributed by atoms with van der Waals surface area (Å²) in [6, 6.07) is 8.34. The molecule has 2 aromatic rings. The maximum atomic E-state index is 6.05. The summed E-state index contributed by atoms with van der Waals surface area (Å²) in [5, 5.41) is 4.26. The number of nitrogens with zero attached hydrogens (tertiary/aromatic N) is 1. The molecule has 1 aromatic carbocycles. The number of hydrogen-bond acceptors (Lipinski definition) is 1. The first kappa shape index (κ1) is 15.1. The Bertz CT molecular complexity index is 599. The molecule has 0 saturated carbocycles. The highest BCUT2D eigenvalue weighted by Crippen LogP contribution is 2.25. The Morgan fingerprint density at radius 3 is 2.55 bits per heavy atom. The Morgan fingerprint density at radius 1 is 1.15 bits per heavy atom. The summed E-state index contributed by atoms with van der Waals surface area (Å²) in [5.74, 6) is 0. The molecule has 0 spiro atoms. The van der Waals surface area contributed by atoms with Gasteiger partial charge in [0.15, 0.2) is 0 Å². The van der Waals surface area contributed by atoms with Gasteiger partial charge in [0.25, 0.3) is 0 Å². The van der Waals surface area contributed by atoms with Gasteiger partial charge in [-0.2, -0.15) is 0 Å². The van der Waals surface area contributed by atoms with Gasteiger partial charge < -0.3 is 9.88 Å². The van der Waals surface area contributed by atoms with Gasteiger partial charge in [0, 0.05) is 28.6 Å². The van der Waals surface area contributed by atoms with Crippen LogP contribution >= 0.6 is 11.6 Å². The molecule has 0 bridgehead atoms. The van der Waals surface area contributed by atoms with Gasteiger partial charge >= 0.3 is 0 Å². The standard InChI is InChI=1S/C17H23ClN2/c1-5-8-19-11-15-10-13(3)20(14(15)4)17-7-6-16(18)9-12(17)2/h6-7,9-10,19H,5,8,11H2,1-4H3. The van der Waals surface area contributed by atoms with Gasteiger partial charge in [-0.1, -0.05) is 18.5 Å². The lowest BCUT2D eigenvalue weighted by atomic mass is 10.2. The number of benzene rings is 1. The molecule has 0 amide bonds. The topological polar surface area (TPSA) is 17.0 Å². The number of rotatable bonds is 5. The van der Waals surface area contributed by atoms with Crippen LogP contribution in [0.15, 0.2) is 24.3 Å². The zero-order valence-electron chi connectivity index (χ0n) is 12.8. The molecule has 0 saturated heterocycles. The lowest BCUT2D eigenvalue weighted by Gasteiger charge is -2.13. The Balaban J connectivity index is 2.37. The molecule has 2 nitrogen and oxygen atoms in total. The van der Waals surface area contributed by atoms with E-state index in [9.17, 15) is 0 Å². The fraction of sp³-hybridized carbons (Fsp3) is 0.412. The van der Waals surface area contributed by atoms with Gasteiger partial charge in [-0.3, -0.25) is 0 Å². The second-order valence-corrected chi connectivity index (χ2v) is 5.78. The van der Waals surface area contributed by atoms with E-state index < -0.39 is 0 Å². The highest BCUT2D eigenvalue weighted by Gasteiger charge is 2.12. The second-order valence-electron chi connectivity index (χ2n) is 5.34. The molecule has 0 radical (unpaired) electrons. The van der Waals surface area contributed by atoms with Crippen molar-refractivity contribution < 1.29 is 0 Å². The maximum absolute atomic E-state index is 6.05. The molecule has 0 aliphatic carbocycles. The van der Waals surface area contributed by atoms with E-state index in [0.29, 0.717) is 0 Å². The highest BCUT2D eigenvalue weighted by atomic mass is 35.5. The van der Waals surface area contributed by atoms with E-state index in [2.05, 4.69) is 49.7 Å². The molecule has 0 unspecified atom stereocenters. The average Bonchev–Trinajstić information content (AvgIpc) is 2.66. The molecule has 1 heterocycles. The molecule has 20 heavy (non-hydrogen) atoms. The largest absolute Gasteiger partial charge is 0.318 e. The lowest BCUT2D eigenvalue weighted by Crippen LogP contribution is -2.14. The quantitative estimate of drug-likeness (QED) is 0.799. The summed E-state index contributed by atoms with van der Waals surface area (Å²) in [6.45, 7) is 10.6. The molecule has 108 valence electrons. The van der Waals surface area contributed by atoms with Crippen molar-refractivity contribution >= 4 is 11.6 Å². The number of nitrogens with one attached hydrogen (secondary N) is 1. The summed E-state index contributed by atoms with van der Waals surface area (Å²) in [6.07, 6.45) is 1.16. The van der Waals surface area contributed by atoms with Crippen LogP contribution in [-0.4, -0.2) is 11.1 Å². The van der Waals surface area contributed by atoms with Crippen LogP contribution in [-0.2, 0) is 6.54 Å². The van der Waals surface area contributed by atoms with Crippen LogP contribution in [0, 0.1) is 20.8 Å². The Labute approximate surface area is 126 Å². The number of aromatic nitrogens is 1. The monoisotopic (exact) mass is 290 g/mol. The first-order valence-corrected chi connectivity index (χ1v) is 7.57. The van der Waals surface area contributed by atoms with E-state index >= 15 is 0 Å². The van der Waals surface area contributed by atoms with Crippen LogP contribution in [0.1, 0.15) is 35.9 Å². The van der Waals surface area contributed by atoms with Crippen LogP contribution in [0.25, 0.3) is 5.69 Å². The second kappa shape index (κ2) is 6.47. The number of aryl methyl sites for hydroxylation is 2. The van der Waals surface area contributed by atoms with Crippen LogP contribution in [0.4, 0.5) is 0 Å². The first-order chi connectivity index (χ1) is 9.54. The fourth-order valence-corrected chi connectivity index (χ4v) is 2.88. The first-order valence-electron chi connectivity index (χ1n) is 7.19. The zero-order valence-corrected chi connectivity index (χ0v) is 13.5. The van der Waals surface area contributed by atoms with E-state index in [1.165, 1.54) is 28.2 Å². The third kappa shape index (κ3) is 3.08. The minimum absolute atomic E-state index is 0.790. The summed E-state index contributed by atoms with van der Waals surface area (Å²) < 4.78 is 2.31. The maximum Gasteiger partial charge on any atom is 0.0485 e. The Kier molecular flexibility index (Phi) is 4.90. The van der Waals surface area contributed by atoms with Crippen LogP contribution < -0.4 is 5.32 Å². The SMILES string of the molecule is CCCNCc1cc(C)n(-c2ccc(Cl)cc2C)c1C. The van der Waals surface area contributed by atoms with Gasteiger partial charge in [-0.05, 0) is 69.1 Å². The smallest absolute Gasteiger partial charge is 0.0485 e. The van der Waals surface area contributed by atoms with Gasteiger partial charge in [0.05, 0.1) is 0 Å². The summed E-state index contributed by atoms with van der Waals surface area (Å²) in [7, 11) is 0. The van der Waals surface area contributed by atoms with Crippen molar-refractivity contribution in [3.05, 3.63) is 51.8 Å². The van der Waals surface area contributed by atoms with Crippen LogP contribution in [0.3, 0.4) is 0 Å². The predicted octanol–water partition coefficient (Wildman–Crippen LogP) is 4.56. The third-order valence-electron chi connectivity index (χ3n) is 3.68. The van der Waals surface area contributed by atoms with Crippen LogP contribution in [0.2, 0.25) is 5.02 Å². The van der Waals surface area contributed by atoms with Crippen molar-refractivity contribution in [2.24, 2.45) is 0 Å². The fourth-order valence-electron chi connectivity index (χ4n) is 2.65. The van der Waals surface area contributed by atoms with Crippen molar-refractivity contribution in [1.82, 2.24) is 9.88 Å². The molecular formula is C17H23ClN2. The molecule has 0 fully saturated rings. The summed E-state index contributed by atoms with van der Waals surface area (Å²) in [4.78, 5) is 0. The van der Waals surface area contributed by atoms with Gasteiger partial charge in [0.1, 0.15) is 0 Å². The molecule has 1 aromatic heterocycles. The summed E-state index contributed by atoms with van der Waals surface area (Å²) >= 11 is 6.05. The molecule has 0 aliphatic rings. The average molecular weight is 291 g/mol. The van der Waals surface area contributed by atoms with E-state index in [-0.39, 0.29) is 0 Å². The van der Waals surface area contributed by atoms with Crippen molar-refractivity contribution in [1.29, 1.82) is 0 Å². The lowest BCUT2D eigenvalue weighted by molar-refractivity contribution is 0.672. The van der Waals surface area contributed by atoms with Gasteiger partial charge in [0.2, 0.25) is 0 Å². The number of hydrogen-bond donors (Lipinski definition) is 1. The minimum Gasteiger partial charge on any atom is -0.318 e. The summed E-state index contributed by atoms with van der Waals surface area (Å²) in [5.41, 5.74) is 6.35. The molecule has 2 rings (SSSR count). The van der Waals surface area contributed by atoms with E-state index in [1.54, 1.807) is 0 Å². The van der Waals surface area contributed by atoms with Crippen LogP contribution in [0.5, 0.6) is 0 Å². The minimum atomic E-state index is 0.790. The van der Waals surface area contributed by atoms with Crippen molar-refractivity contribution in [2.45, 2.75) is 40.7 Å². The van der Waals surface area contributed by atoms with Crippen molar-refractivity contribution in [2.75, 3.05) is 6.54 Å². The molecular weight excluding hydrogens is 268 g/mol. The van der Waals surface area contributed by atoms with Crippen molar-refractivity contribution in [3.8, 4) is 5.69 Å². The Hall–Kier alpha value is -1.25. The Morgan fingerprint density at radius 2 is 1.90 bits per heavy atom.